The van der Waals surface area contributed by atoms with Crippen LogP contribution >= 0.6 is 0 Å². The Labute approximate surface area is 87.5 Å². The Hall–Kier alpha value is -0.800. The number of hydrogen-bond acceptors (Lipinski definition) is 2. The summed E-state index contributed by atoms with van der Waals surface area (Å²) in [6.45, 7) is 8.90. The molecule has 0 aliphatic carbocycles. The zero-order valence-electron chi connectivity index (χ0n) is 10.0. The first kappa shape index (κ1) is 13.2. The highest BCUT2D eigenvalue weighted by atomic mass is 15.5. The number of nitrogens with one attached hydrogen (secondary N) is 2. The first-order chi connectivity index (χ1) is 6.61. The molecule has 0 aliphatic rings. The number of hydrogen-bond donors (Lipinski definition) is 2. The van der Waals surface area contributed by atoms with E-state index in [2.05, 4.69) is 49.0 Å². The first-order valence-electron chi connectivity index (χ1n) is 5.43. The van der Waals surface area contributed by atoms with E-state index in [4.69, 9.17) is 0 Å². The third-order valence-corrected chi connectivity index (χ3v) is 2.53. The zero-order valence-corrected chi connectivity index (χ0v) is 10.0. The van der Waals surface area contributed by atoms with Crippen LogP contribution in [0.5, 0.6) is 0 Å². The number of rotatable bonds is 7. The lowest BCUT2D eigenvalue weighted by Gasteiger charge is -2.22. The molecule has 0 aliphatic heterocycles. The smallest absolute Gasteiger partial charge is 0.0483 e. The summed E-state index contributed by atoms with van der Waals surface area (Å²) < 4.78 is 0. The van der Waals surface area contributed by atoms with Gasteiger partial charge in [0.25, 0.3) is 0 Å². The van der Waals surface area contributed by atoms with Crippen molar-refractivity contribution >= 4 is 0 Å². The van der Waals surface area contributed by atoms with Crippen LogP contribution in [0.1, 0.15) is 40.5 Å². The molecule has 0 heterocycles. The Morgan fingerprint density at radius 2 is 1.79 bits per heavy atom. The average Bonchev–Trinajstić information content (AvgIpc) is 2.16. The van der Waals surface area contributed by atoms with Crippen LogP contribution in [0, 0.1) is 11.8 Å². The Morgan fingerprint density at radius 1 is 1.14 bits per heavy atom. The lowest BCUT2D eigenvalue weighted by atomic mass is 9.93. The van der Waals surface area contributed by atoms with Crippen LogP contribution in [-0.2, 0) is 0 Å². The molecule has 2 atom stereocenters. The normalized spacial score (nSPS) is 15.9. The second-order valence-corrected chi connectivity index (χ2v) is 4.15. The van der Waals surface area contributed by atoms with E-state index in [0.717, 1.165) is 12.3 Å². The van der Waals surface area contributed by atoms with Crippen molar-refractivity contribution < 1.29 is 0 Å². The topological polar surface area (TPSA) is 48.8 Å². The molecule has 84 valence electrons. The quantitative estimate of drug-likeness (QED) is 0.490. The highest BCUT2D eigenvalue weighted by Crippen LogP contribution is 2.15. The Balaban J connectivity index is 3.95. The summed E-state index contributed by atoms with van der Waals surface area (Å²) in [4.78, 5) is 0. The third kappa shape index (κ3) is 5.78. The Kier molecular flexibility index (Phi) is 7.16. The molecule has 0 rings (SSSR count). The van der Waals surface area contributed by atoms with Gasteiger partial charge in [-0.2, -0.15) is 0 Å². The largest absolute Gasteiger partial charge is 0.293 e. The van der Waals surface area contributed by atoms with E-state index in [9.17, 15) is 0 Å². The standard InChI is InChI=1S/C10H24N4/c1-6-9(4)7-10(8(2)3)12-14-13-11-5/h8-10H,6-7H2,1-5H3,(H,11,14)(H,12,13). The van der Waals surface area contributed by atoms with Gasteiger partial charge in [0.1, 0.15) is 0 Å². The van der Waals surface area contributed by atoms with Crippen LogP contribution in [0.25, 0.3) is 0 Å². The van der Waals surface area contributed by atoms with Crippen LogP contribution < -0.4 is 10.9 Å². The van der Waals surface area contributed by atoms with Gasteiger partial charge in [0.05, 0.1) is 0 Å². The van der Waals surface area contributed by atoms with Gasteiger partial charge < -0.3 is 0 Å². The van der Waals surface area contributed by atoms with Crippen molar-refractivity contribution in [3.05, 3.63) is 0 Å². The lowest BCUT2D eigenvalue weighted by molar-refractivity contribution is 0.321. The molecule has 0 spiro atoms. The summed E-state index contributed by atoms with van der Waals surface area (Å²) in [5, 5.41) is 7.55. The van der Waals surface area contributed by atoms with Gasteiger partial charge in [-0.15, -0.1) is 0 Å². The average molecular weight is 200 g/mol. The van der Waals surface area contributed by atoms with Gasteiger partial charge in [0.2, 0.25) is 0 Å². The fourth-order valence-corrected chi connectivity index (χ4v) is 1.23. The molecule has 2 N–H and O–H groups in total. The van der Waals surface area contributed by atoms with E-state index >= 15 is 0 Å². The maximum atomic E-state index is 3.86. The van der Waals surface area contributed by atoms with Crippen LogP contribution in [0.3, 0.4) is 0 Å². The van der Waals surface area contributed by atoms with Gasteiger partial charge in [-0.25, -0.2) is 0 Å². The third-order valence-electron chi connectivity index (χ3n) is 2.53. The molecule has 4 nitrogen and oxygen atoms in total. The second kappa shape index (κ2) is 7.59. The molecule has 0 aromatic carbocycles. The van der Waals surface area contributed by atoms with Gasteiger partial charge >= 0.3 is 0 Å². The van der Waals surface area contributed by atoms with Gasteiger partial charge in [-0.1, -0.05) is 44.6 Å². The van der Waals surface area contributed by atoms with Gasteiger partial charge in [0, 0.05) is 13.1 Å². The fourth-order valence-electron chi connectivity index (χ4n) is 1.23. The van der Waals surface area contributed by atoms with Crippen molar-refractivity contribution in [3.8, 4) is 0 Å². The van der Waals surface area contributed by atoms with Crippen molar-refractivity contribution in [3.63, 3.8) is 0 Å². The van der Waals surface area contributed by atoms with E-state index in [1.807, 2.05) is 0 Å². The van der Waals surface area contributed by atoms with Crippen LogP contribution in [0.2, 0.25) is 0 Å². The lowest BCUT2D eigenvalue weighted by Crippen LogP contribution is -2.31. The van der Waals surface area contributed by atoms with Crippen molar-refractivity contribution in [2.24, 2.45) is 22.3 Å². The SMILES string of the molecule is CCC(C)CC(N/N=N\NC)C(C)C. The summed E-state index contributed by atoms with van der Waals surface area (Å²) >= 11 is 0. The second-order valence-electron chi connectivity index (χ2n) is 4.15. The molecule has 0 fully saturated rings. The summed E-state index contributed by atoms with van der Waals surface area (Å²) in [5.74, 6) is 1.32. The highest BCUT2D eigenvalue weighted by Gasteiger charge is 2.15. The fraction of sp³-hybridized carbons (Fsp3) is 1.00. The van der Waals surface area contributed by atoms with E-state index in [-0.39, 0.29) is 0 Å². The van der Waals surface area contributed by atoms with Crippen molar-refractivity contribution in [1.82, 2.24) is 10.9 Å². The Bertz CT molecular complexity index is 156. The molecule has 4 heteroatoms. The molecule has 0 amide bonds. The summed E-state index contributed by atoms with van der Waals surface area (Å²) in [5.41, 5.74) is 5.71. The predicted octanol–water partition coefficient (Wildman–Crippen LogP) is 2.54. The molecular weight excluding hydrogens is 176 g/mol. The summed E-state index contributed by atoms with van der Waals surface area (Å²) in [6.07, 6.45) is 2.37. The van der Waals surface area contributed by atoms with E-state index in [0.29, 0.717) is 12.0 Å². The molecule has 14 heavy (non-hydrogen) atoms. The van der Waals surface area contributed by atoms with Gasteiger partial charge in [0.15, 0.2) is 0 Å². The molecule has 2 unspecified atom stereocenters. The van der Waals surface area contributed by atoms with Crippen molar-refractivity contribution in [2.75, 3.05) is 7.05 Å². The van der Waals surface area contributed by atoms with Crippen molar-refractivity contribution in [2.45, 2.75) is 46.6 Å². The molecule has 0 aromatic heterocycles. The van der Waals surface area contributed by atoms with Crippen LogP contribution in [0.4, 0.5) is 0 Å². The van der Waals surface area contributed by atoms with E-state index in [1.165, 1.54) is 6.42 Å². The van der Waals surface area contributed by atoms with Crippen LogP contribution in [0.15, 0.2) is 10.4 Å². The molecular formula is C10H24N4. The molecule has 0 bridgehead atoms. The van der Waals surface area contributed by atoms with Crippen molar-refractivity contribution in [1.29, 1.82) is 0 Å². The molecule has 0 saturated carbocycles. The van der Waals surface area contributed by atoms with E-state index in [1.54, 1.807) is 7.05 Å². The van der Waals surface area contributed by atoms with Gasteiger partial charge in [-0.05, 0) is 18.3 Å². The van der Waals surface area contributed by atoms with Crippen LogP contribution in [-0.4, -0.2) is 13.1 Å². The monoisotopic (exact) mass is 200 g/mol. The zero-order chi connectivity index (χ0) is 11.0. The highest BCUT2D eigenvalue weighted by molar-refractivity contribution is 4.70. The maximum absolute atomic E-state index is 3.86. The minimum absolute atomic E-state index is 0.419. The molecule has 0 saturated heterocycles. The molecule has 0 radical (unpaired) electrons. The maximum Gasteiger partial charge on any atom is 0.0483 e. The predicted molar refractivity (Wildman–Crippen MR) is 59.7 cm³/mol. The summed E-state index contributed by atoms with van der Waals surface area (Å²) in [6, 6.07) is 0.419. The molecule has 0 aromatic rings. The summed E-state index contributed by atoms with van der Waals surface area (Å²) in [7, 11) is 1.74. The minimum atomic E-state index is 0.419. The first-order valence-corrected chi connectivity index (χ1v) is 5.43. The van der Waals surface area contributed by atoms with E-state index < -0.39 is 0 Å². The minimum Gasteiger partial charge on any atom is -0.293 e. The van der Waals surface area contributed by atoms with Gasteiger partial charge in [-0.3, -0.25) is 10.9 Å². The number of nitrogens with zero attached hydrogens (tertiary/aromatic N) is 2. The Morgan fingerprint density at radius 3 is 2.21 bits per heavy atom.